The lowest BCUT2D eigenvalue weighted by Crippen LogP contribution is -2.50. The quantitative estimate of drug-likeness (QED) is 0.576. The van der Waals surface area contributed by atoms with Crippen molar-refractivity contribution in [2.75, 3.05) is 30.2 Å². The van der Waals surface area contributed by atoms with Crippen molar-refractivity contribution in [1.82, 2.24) is 15.0 Å². The van der Waals surface area contributed by atoms with E-state index in [1.54, 1.807) is 85.7 Å². The van der Waals surface area contributed by atoms with E-state index in [1.165, 1.54) is 6.26 Å². The van der Waals surface area contributed by atoms with Gasteiger partial charge in [0.25, 0.3) is 5.91 Å². The van der Waals surface area contributed by atoms with Gasteiger partial charge in [0, 0.05) is 43.9 Å². The molecular weight excluding hydrogens is 454 g/mol. The molecule has 0 aliphatic carbocycles. The molecule has 10 heteroatoms. The summed E-state index contributed by atoms with van der Waals surface area (Å²) < 4.78 is 12.5. The Kier molecular flexibility index (Phi) is 5.03. The minimum absolute atomic E-state index is 0.0632. The average molecular weight is 478 g/mol. The highest BCUT2D eigenvalue weighted by Gasteiger charge is 2.55. The van der Waals surface area contributed by atoms with Crippen molar-refractivity contribution < 1.29 is 19.0 Å². The second-order valence-electron chi connectivity index (χ2n) is 8.43. The molecule has 0 spiro atoms. The number of hydrogen-bond acceptors (Lipinski definition) is 7. The predicted octanol–water partition coefficient (Wildman–Crippen LogP) is 2.15. The molecule has 0 saturated carbocycles. The number of likely N-dealkylation sites (N-methyl/N-ethyl adjacent to an activating group) is 2. The minimum atomic E-state index is -1.52. The van der Waals surface area contributed by atoms with Crippen LogP contribution in [0.4, 0.5) is 11.5 Å². The molecular formula is C24H23N5O4S. The summed E-state index contributed by atoms with van der Waals surface area (Å²) in [7, 11) is 2.01. The lowest BCUT2D eigenvalue weighted by Gasteiger charge is -2.39. The van der Waals surface area contributed by atoms with Gasteiger partial charge in [0.15, 0.2) is 11.4 Å². The van der Waals surface area contributed by atoms with Crippen LogP contribution < -0.4 is 9.80 Å². The molecule has 9 nitrogen and oxygen atoms in total. The third-order valence-corrected chi connectivity index (χ3v) is 7.68. The summed E-state index contributed by atoms with van der Waals surface area (Å²) in [6.45, 7) is 1.79. The van der Waals surface area contributed by atoms with Gasteiger partial charge in [-0.3, -0.25) is 24.0 Å². The van der Waals surface area contributed by atoms with Gasteiger partial charge in [0.1, 0.15) is 6.04 Å². The normalized spacial score (nSPS) is 22.6. The van der Waals surface area contributed by atoms with Crippen LogP contribution in [0.1, 0.15) is 34.1 Å². The molecule has 3 aromatic rings. The SMILES string of the molecule is C[C@@H]1C(=O)N(C)c2ccc(C3(c4cccnc4)c4cccc(S(C)=O)c4C(=O)N3O)nc2N1C. The molecule has 2 aliphatic rings. The number of pyridine rings is 2. The molecule has 0 saturated heterocycles. The monoisotopic (exact) mass is 477 g/mol. The number of carbonyl (C=O) groups is 2. The van der Waals surface area contributed by atoms with Crippen molar-refractivity contribution in [3.05, 3.63) is 77.2 Å². The Morgan fingerprint density at radius 3 is 2.53 bits per heavy atom. The Labute approximate surface area is 199 Å². The highest BCUT2D eigenvalue weighted by molar-refractivity contribution is 7.84. The number of hydroxylamine groups is 2. The van der Waals surface area contributed by atoms with E-state index >= 15 is 0 Å². The van der Waals surface area contributed by atoms with Gasteiger partial charge < -0.3 is 9.80 Å². The number of amides is 2. The largest absolute Gasteiger partial charge is 0.346 e. The van der Waals surface area contributed by atoms with Crippen molar-refractivity contribution >= 4 is 34.1 Å². The third-order valence-electron chi connectivity index (χ3n) is 6.72. The molecule has 34 heavy (non-hydrogen) atoms. The Morgan fingerprint density at radius 2 is 1.85 bits per heavy atom. The maximum absolute atomic E-state index is 13.4. The number of carbonyl (C=O) groups excluding carboxylic acids is 2. The molecule has 0 bridgehead atoms. The van der Waals surface area contributed by atoms with Gasteiger partial charge in [-0.25, -0.2) is 4.98 Å². The molecule has 174 valence electrons. The van der Waals surface area contributed by atoms with E-state index in [-0.39, 0.29) is 11.5 Å². The average Bonchev–Trinajstić information content (AvgIpc) is 3.09. The predicted molar refractivity (Wildman–Crippen MR) is 126 cm³/mol. The van der Waals surface area contributed by atoms with Gasteiger partial charge in [-0.05, 0) is 31.2 Å². The second kappa shape index (κ2) is 7.71. The third kappa shape index (κ3) is 2.78. The Hall–Kier alpha value is -3.63. The van der Waals surface area contributed by atoms with E-state index in [1.807, 2.05) is 0 Å². The van der Waals surface area contributed by atoms with Crippen LogP contribution in [0.15, 0.2) is 59.8 Å². The van der Waals surface area contributed by atoms with Gasteiger partial charge in [0.2, 0.25) is 5.91 Å². The van der Waals surface area contributed by atoms with Crippen molar-refractivity contribution in [3.63, 3.8) is 0 Å². The smallest absolute Gasteiger partial charge is 0.280 e. The lowest BCUT2D eigenvalue weighted by molar-refractivity contribution is -0.119. The summed E-state index contributed by atoms with van der Waals surface area (Å²) in [5, 5.41) is 12.1. The van der Waals surface area contributed by atoms with E-state index in [9.17, 15) is 19.0 Å². The zero-order valence-corrected chi connectivity index (χ0v) is 19.9. The highest BCUT2D eigenvalue weighted by atomic mass is 32.2. The van der Waals surface area contributed by atoms with Gasteiger partial charge in [-0.15, -0.1) is 0 Å². The van der Waals surface area contributed by atoms with Crippen LogP contribution >= 0.6 is 0 Å². The van der Waals surface area contributed by atoms with E-state index in [0.29, 0.717) is 38.3 Å². The maximum Gasteiger partial charge on any atom is 0.280 e. The molecule has 1 N–H and O–H groups in total. The summed E-state index contributed by atoms with van der Waals surface area (Å²) in [5.74, 6) is -0.190. The van der Waals surface area contributed by atoms with Crippen LogP contribution in [0, 0.1) is 0 Å². The van der Waals surface area contributed by atoms with Crippen LogP contribution in [-0.2, 0) is 21.1 Å². The van der Waals surface area contributed by atoms with E-state index < -0.39 is 28.3 Å². The van der Waals surface area contributed by atoms with Crippen LogP contribution in [0.3, 0.4) is 0 Å². The van der Waals surface area contributed by atoms with Crippen LogP contribution in [0.5, 0.6) is 0 Å². The van der Waals surface area contributed by atoms with Gasteiger partial charge in [0.05, 0.1) is 32.6 Å². The van der Waals surface area contributed by atoms with Crippen molar-refractivity contribution in [1.29, 1.82) is 0 Å². The fourth-order valence-electron chi connectivity index (χ4n) is 4.83. The molecule has 2 amide bonds. The summed E-state index contributed by atoms with van der Waals surface area (Å²) in [5.41, 5.74) is 0.636. The van der Waals surface area contributed by atoms with Gasteiger partial charge in [-0.1, -0.05) is 18.2 Å². The number of nitrogens with zero attached hydrogens (tertiary/aromatic N) is 5. The molecule has 5 rings (SSSR count). The second-order valence-corrected chi connectivity index (χ2v) is 9.77. The summed E-state index contributed by atoms with van der Waals surface area (Å²) in [6, 6.07) is 11.6. The van der Waals surface area contributed by atoms with E-state index in [4.69, 9.17) is 4.98 Å². The maximum atomic E-state index is 13.4. The summed E-state index contributed by atoms with van der Waals surface area (Å²) >= 11 is 0. The Morgan fingerprint density at radius 1 is 1.09 bits per heavy atom. The topological polar surface area (TPSA) is 107 Å². The first-order valence-electron chi connectivity index (χ1n) is 10.6. The van der Waals surface area contributed by atoms with E-state index in [2.05, 4.69) is 4.98 Å². The summed E-state index contributed by atoms with van der Waals surface area (Å²) in [4.78, 5) is 38.8. The number of aromatic nitrogens is 2. The standard InChI is InChI=1S/C24H23N5O4S/c1-14-22(30)28(3)17-10-11-19(26-21(17)27(14)2)24(15-7-6-12-25-13-15)16-8-5-9-18(34(4)33)20(16)23(31)29(24)32/h5-14,32H,1-4H3/t14-,24?,34?/m1/s1. The molecule has 4 heterocycles. The zero-order valence-electron chi connectivity index (χ0n) is 19.1. The molecule has 0 radical (unpaired) electrons. The number of rotatable bonds is 3. The molecule has 3 atom stereocenters. The van der Waals surface area contributed by atoms with Gasteiger partial charge >= 0.3 is 0 Å². The van der Waals surface area contributed by atoms with Crippen LogP contribution in [0.25, 0.3) is 0 Å². The fourth-order valence-corrected chi connectivity index (χ4v) is 5.58. The first kappa shape index (κ1) is 22.2. The lowest BCUT2D eigenvalue weighted by atomic mass is 9.81. The van der Waals surface area contributed by atoms with Crippen LogP contribution in [-0.4, -0.2) is 62.7 Å². The zero-order chi connectivity index (χ0) is 24.4. The van der Waals surface area contributed by atoms with E-state index in [0.717, 1.165) is 0 Å². The van der Waals surface area contributed by atoms with Gasteiger partial charge in [-0.2, -0.15) is 5.06 Å². The molecule has 1 aromatic carbocycles. The Bertz CT molecular complexity index is 1360. The van der Waals surface area contributed by atoms with Crippen molar-refractivity contribution in [3.8, 4) is 0 Å². The Balaban J connectivity index is 1.86. The minimum Gasteiger partial charge on any atom is -0.346 e. The first-order chi connectivity index (χ1) is 16.2. The highest BCUT2D eigenvalue weighted by Crippen LogP contribution is 2.49. The number of anilines is 2. The van der Waals surface area contributed by atoms with Crippen molar-refractivity contribution in [2.24, 2.45) is 0 Å². The number of fused-ring (bicyclic) bond motifs is 2. The van der Waals surface area contributed by atoms with Crippen molar-refractivity contribution in [2.45, 2.75) is 23.4 Å². The molecule has 2 aromatic heterocycles. The number of benzene rings is 1. The fraction of sp³-hybridized carbons (Fsp3) is 0.250. The van der Waals surface area contributed by atoms with Crippen LogP contribution in [0.2, 0.25) is 0 Å². The number of hydrogen-bond donors (Lipinski definition) is 1. The molecule has 2 unspecified atom stereocenters. The molecule has 2 aliphatic heterocycles. The molecule has 0 fully saturated rings. The first-order valence-corrected chi connectivity index (χ1v) is 12.2. The summed E-state index contributed by atoms with van der Waals surface area (Å²) in [6.07, 6.45) is 4.67.